The second kappa shape index (κ2) is 3.56. The number of hydrogen-bond donors (Lipinski definition) is 0. The molecular formula is C10H19NO. The van der Waals surface area contributed by atoms with Gasteiger partial charge in [0.15, 0.2) is 0 Å². The van der Waals surface area contributed by atoms with Crippen LogP contribution in [0.15, 0.2) is 0 Å². The second-order valence-electron chi connectivity index (χ2n) is 4.74. The van der Waals surface area contributed by atoms with Gasteiger partial charge >= 0.3 is 0 Å². The molecule has 1 aliphatic rings. The largest absolute Gasteiger partial charge is 0.303 e. The summed E-state index contributed by atoms with van der Waals surface area (Å²) in [6.45, 7) is 9.52. The molecule has 1 fully saturated rings. The highest BCUT2D eigenvalue weighted by Crippen LogP contribution is 2.20. The number of nitrogens with zero attached hydrogens (tertiary/aromatic N) is 1. The van der Waals surface area contributed by atoms with E-state index in [4.69, 9.17) is 0 Å². The van der Waals surface area contributed by atoms with Crippen LogP contribution in [0.1, 0.15) is 27.2 Å². The van der Waals surface area contributed by atoms with Crippen LogP contribution >= 0.6 is 0 Å². The molecule has 0 amide bonds. The second-order valence-corrected chi connectivity index (χ2v) is 4.74. The number of rotatable bonds is 3. The summed E-state index contributed by atoms with van der Waals surface area (Å²) in [6.07, 6.45) is 2.35. The average molecular weight is 169 g/mol. The first kappa shape index (κ1) is 9.72. The first-order valence-corrected chi connectivity index (χ1v) is 4.72. The molecule has 1 unspecified atom stereocenters. The quantitative estimate of drug-likeness (QED) is 0.597. The van der Waals surface area contributed by atoms with E-state index in [2.05, 4.69) is 11.8 Å². The van der Waals surface area contributed by atoms with E-state index < -0.39 is 0 Å². The minimum absolute atomic E-state index is 0.163. The van der Waals surface area contributed by atoms with Crippen molar-refractivity contribution in [2.75, 3.05) is 19.6 Å². The van der Waals surface area contributed by atoms with Crippen molar-refractivity contribution in [3.8, 4) is 0 Å². The van der Waals surface area contributed by atoms with Gasteiger partial charge in [0.05, 0.1) is 0 Å². The molecule has 0 N–H and O–H groups in total. The Kier molecular flexibility index (Phi) is 2.89. The molecule has 0 aromatic carbocycles. The summed E-state index contributed by atoms with van der Waals surface area (Å²) in [6, 6.07) is 0. The first-order valence-electron chi connectivity index (χ1n) is 4.72. The number of aldehydes is 1. The van der Waals surface area contributed by atoms with Crippen molar-refractivity contribution >= 4 is 6.29 Å². The number of carbonyl (C=O) groups is 1. The smallest absolute Gasteiger partial charge is 0.126 e. The van der Waals surface area contributed by atoms with E-state index in [-0.39, 0.29) is 5.41 Å². The number of hydrogen-bond acceptors (Lipinski definition) is 2. The van der Waals surface area contributed by atoms with Crippen LogP contribution in [0, 0.1) is 11.3 Å². The maximum absolute atomic E-state index is 10.7. The first-order chi connectivity index (χ1) is 5.53. The molecule has 1 atom stereocenters. The van der Waals surface area contributed by atoms with Gasteiger partial charge in [0, 0.05) is 18.5 Å². The SMILES string of the molecule is CC1CCN(CC(C)(C)C=O)C1. The van der Waals surface area contributed by atoms with Gasteiger partial charge in [0.2, 0.25) is 0 Å². The van der Waals surface area contributed by atoms with Crippen LogP contribution in [0.2, 0.25) is 0 Å². The third-order valence-electron chi connectivity index (χ3n) is 2.46. The highest BCUT2D eigenvalue weighted by molar-refractivity contribution is 5.58. The molecule has 1 rings (SSSR count). The molecule has 1 saturated heterocycles. The highest BCUT2D eigenvalue weighted by Gasteiger charge is 2.25. The predicted octanol–water partition coefficient (Wildman–Crippen LogP) is 1.55. The minimum Gasteiger partial charge on any atom is -0.303 e. The van der Waals surface area contributed by atoms with Crippen molar-refractivity contribution in [1.82, 2.24) is 4.90 Å². The Morgan fingerprint density at radius 1 is 1.58 bits per heavy atom. The Hall–Kier alpha value is -0.370. The third kappa shape index (κ3) is 2.59. The van der Waals surface area contributed by atoms with Gasteiger partial charge < -0.3 is 9.69 Å². The van der Waals surface area contributed by atoms with Crippen molar-refractivity contribution in [3.05, 3.63) is 0 Å². The van der Waals surface area contributed by atoms with Crippen molar-refractivity contribution < 1.29 is 4.79 Å². The fourth-order valence-electron chi connectivity index (χ4n) is 1.78. The lowest BCUT2D eigenvalue weighted by atomic mass is 9.95. The lowest BCUT2D eigenvalue weighted by Crippen LogP contribution is -2.33. The number of likely N-dealkylation sites (tertiary alicyclic amines) is 1. The fraction of sp³-hybridized carbons (Fsp3) is 0.900. The van der Waals surface area contributed by atoms with Crippen LogP contribution in [0.5, 0.6) is 0 Å². The molecule has 12 heavy (non-hydrogen) atoms. The van der Waals surface area contributed by atoms with Crippen LogP contribution in [-0.2, 0) is 4.79 Å². The Bertz CT molecular complexity index is 165. The monoisotopic (exact) mass is 169 g/mol. The van der Waals surface area contributed by atoms with Crippen molar-refractivity contribution in [1.29, 1.82) is 0 Å². The number of carbonyl (C=O) groups excluding carboxylic acids is 1. The zero-order valence-electron chi connectivity index (χ0n) is 8.34. The zero-order valence-corrected chi connectivity index (χ0v) is 8.34. The van der Waals surface area contributed by atoms with Crippen molar-refractivity contribution in [3.63, 3.8) is 0 Å². The Morgan fingerprint density at radius 2 is 2.25 bits per heavy atom. The van der Waals surface area contributed by atoms with Gasteiger partial charge in [-0.1, -0.05) is 20.8 Å². The van der Waals surface area contributed by atoms with Crippen LogP contribution < -0.4 is 0 Å². The molecule has 0 aromatic heterocycles. The molecule has 0 spiro atoms. The molecule has 0 saturated carbocycles. The van der Waals surface area contributed by atoms with Crippen LogP contribution in [0.25, 0.3) is 0 Å². The van der Waals surface area contributed by atoms with Crippen LogP contribution in [0.3, 0.4) is 0 Å². The molecule has 0 radical (unpaired) electrons. The van der Waals surface area contributed by atoms with E-state index in [9.17, 15) is 4.79 Å². The van der Waals surface area contributed by atoms with E-state index in [1.54, 1.807) is 0 Å². The normalized spacial score (nSPS) is 26.1. The third-order valence-corrected chi connectivity index (χ3v) is 2.46. The summed E-state index contributed by atoms with van der Waals surface area (Å²) in [5.74, 6) is 0.812. The molecule has 70 valence electrons. The van der Waals surface area contributed by atoms with Gasteiger partial charge in [-0.05, 0) is 18.9 Å². The lowest BCUT2D eigenvalue weighted by Gasteiger charge is -2.24. The van der Waals surface area contributed by atoms with E-state index in [1.807, 2.05) is 13.8 Å². The Balaban J connectivity index is 2.36. The molecule has 0 aliphatic carbocycles. The Morgan fingerprint density at radius 3 is 2.67 bits per heavy atom. The van der Waals surface area contributed by atoms with Crippen LogP contribution in [0.4, 0.5) is 0 Å². The molecule has 1 aliphatic heterocycles. The summed E-state index contributed by atoms with van der Waals surface area (Å²) in [7, 11) is 0. The summed E-state index contributed by atoms with van der Waals surface area (Å²) in [5, 5.41) is 0. The lowest BCUT2D eigenvalue weighted by molar-refractivity contribution is -0.115. The van der Waals surface area contributed by atoms with Gasteiger partial charge in [0.25, 0.3) is 0 Å². The van der Waals surface area contributed by atoms with Gasteiger partial charge in [-0.2, -0.15) is 0 Å². The van der Waals surface area contributed by atoms with Gasteiger partial charge in [0.1, 0.15) is 6.29 Å². The van der Waals surface area contributed by atoms with Gasteiger partial charge in [-0.15, -0.1) is 0 Å². The zero-order chi connectivity index (χ0) is 9.19. The molecule has 2 nitrogen and oxygen atoms in total. The van der Waals surface area contributed by atoms with Gasteiger partial charge in [-0.3, -0.25) is 0 Å². The minimum atomic E-state index is -0.163. The van der Waals surface area contributed by atoms with E-state index in [0.29, 0.717) is 0 Å². The maximum atomic E-state index is 10.7. The fourth-order valence-corrected chi connectivity index (χ4v) is 1.78. The van der Waals surface area contributed by atoms with E-state index >= 15 is 0 Å². The van der Waals surface area contributed by atoms with E-state index in [0.717, 1.165) is 25.3 Å². The molecule has 0 aromatic rings. The maximum Gasteiger partial charge on any atom is 0.126 e. The average Bonchev–Trinajstić information content (AvgIpc) is 2.35. The topological polar surface area (TPSA) is 20.3 Å². The summed E-state index contributed by atoms with van der Waals surface area (Å²) in [5.41, 5.74) is -0.163. The van der Waals surface area contributed by atoms with Gasteiger partial charge in [-0.25, -0.2) is 0 Å². The predicted molar refractivity (Wildman–Crippen MR) is 50.1 cm³/mol. The highest BCUT2D eigenvalue weighted by atomic mass is 16.1. The van der Waals surface area contributed by atoms with Crippen molar-refractivity contribution in [2.45, 2.75) is 27.2 Å². The molecular weight excluding hydrogens is 150 g/mol. The molecule has 2 heteroatoms. The Labute approximate surface area is 74.9 Å². The molecule has 0 bridgehead atoms. The summed E-state index contributed by atoms with van der Waals surface area (Å²) >= 11 is 0. The van der Waals surface area contributed by atoms with Crippen molar-refractivity contribution in [2.24, 2.45) is 11.3 Å². The van der Waals surface area contributed by atoms with E-state index in [1.165, 1.54) is 13.0 Å². The standard InChI is InChI=1S/C10H19NO/c1-9-4-5-11(6-9)7-10(2,3)8-12/h8-9H,4-7H2,1-3H3. The summed E-state index contributed by atoms with van der Waals surface area (Å²) in [4.78, 5) is 13.1. The molecule has 1 heterocycles. The van der Waals surface area contributed by atoms with Crippen LogP contribution in [-0.4, -0.2) is 30.8 Å². The summed E-state index contributed by atoms with van der Waals surface area (Å²) < 4.78 is 0.